The quantitative estimate of drug-likeness (QED) is 0.453. The Hall–Kier alpha value is -3.66. The van der Waals surface area contributed by atoms with Gasteiger partial charge >= 0.3 is 5.69 Å². The van der Waals surface area contributed by atoms with E-state index in [-0.39, 0.29) is 11.4 Å². The number of hydrogen-bond acceptors (Lipinski definition) is 6. The van der Waals surface area contributed by atoms with E-state index in [0.717, 1.165) is 35.1 Å². The first-order chi connectivity index (χ1) is 17.7. The Morgan fingerprint density at radius 1 is 1.16 bits per heavy atom. The van der Waals surface area contributed by atoms with Gasteiger partial charge in [-0.1, -0.05) is 11.6 Å². The Bertz CT molecular complexity index is 1520. The highest BCUT2D eigenvalue weighted by Crippen LogP contribution is 2.35. The van der Waals surface area contributed by atoms with Gasteiger partial charge in [0.2, 0.25) is 5.69 Å². The maximum absolute atomic E-state index is 13.3. The van der Waals surface area contributed by atoms with E-state index in [9.17, 15) is 19.5 Å². The SMILES string of the molecule is Cc1cc(-n2nc(C(=O)N3CCC4CCCC=C4C3)c(=O)[nH]c2=O)cc(C)c1Oc1ccc(O)c(Br)c1. The molecule has 1 aliphatic heterocycles. The first-order valence-electron chi connectivity index (χ1n) is 12.2. The van der Waals surface area contributed by atoms with E-state index in [1.807, 2.05) is 13.8 Å². The summed E-state index contributed by atoms with van der Waals surface area (Å²) in [5, 5.41) is 13.9. The second kappa shape index (κ2) is 10.0. The van der Waals surface area contributed by atoms with Gasteiger partial charge in [-0.2, -0.15) is 9.78 Å². The third kappa shape index (κ3) is 4.98. The number of aromatic hydroxyl groups is 1. The molecule has 0 saturated carbocycles. The molecule has 2 N–H and O–H groups in total. The fourth-order valence-corrected chi connectivity index (χ4v) is 5.41. The van der Waals surface area contributed by atoms with Crippen molar-refractivity contribution in [3.8, 4) is 22.9 Å². The number of aryl methyl sites for hydroxylation is 2. The summed E-state index contributed by atoms with van der Waals surface area (Å²) >= 11 is 3.28. The molecule has 1 unspecified atom stereocenters. The molecule has 9 nitrogen and oxygen atoms in total. The molecule has 1 fully saturated rings. The second-order valence-corrected chi connectivity index (χ2v) is 10.4. The van der Waals surface area contributed by atoms with Crippen LogP contribution in [0, 0.1) is 19.8 Å². The molecule has 0 radical (unpaired) electrons. The molecule has 10 heteroatoms. The molecule has 37 heavy (non-hydrogen) atoms. The van der Waals surface area contributed by atoms with Gasteiger partial charge < -0.3 is 14.7 Å². The number of aromatic nitrogens is 3. The lowest BCUT2D eigenvalue weighted by molar-refractivity contribution is 0.0720. The summed E-state index contributed by atoms with van der Waals surface area (Å²) < 4.78 is 7.57. The summed E-state index contributed by atoms with van der Waals surface area (Å²) in [5.74, 6) is 1.23. The number of phenolic OH excluding ortho intramolecular Hbond substituents is 1. The Balaban J connectivity index is 1.45. The van der Waals surface area contributed by atoms with Crippen LogP contribution in [0.1, 0.15) is 47.3 Å². The van der Waals surface area contributed by atoms with Crippen LogP contribution >= 0.6 is 15.9 Å². The summed E-state index contributed by atoms with van der Waals surface area (Å²) in [5.41, 5.74) is 1.26. The highest BCUT2D eigenvalue weighted by Gasteiger charge is 2.30. The van der Waals surface area contributed by atoms with Crippen LogP contribution in [0.3, 0.4) is 0 Å². The van der Waals surface area contributed by atoms with Crippen LogP contribution in [0.5, 0.6) is 17.2 Å². The number of ether oxygens (including phenoxy) is 1. The van der Waals surface area contributed by atoms with Crippen molar-refractivity contribution in [2.75, 3.05) is 13.1 Å². The summed E-state index contributed by atoms with van der Waals surface area (Å²) in [6.07, 6.45) is 6.40. The average molecular weight is 567 g/mol. The second-order valence-electron chi connectivity index (χ2n) is 9.57. The molecule has 3 aromatic rings. The molecular weight excluding hydrogens is 540 g/mol. The molecular formula is C27H27BrN4O5. The summed E-state index contributed by atoms with van der Waals surface area (Å²) in [6, 6.07) is 8.23. The van der Waals surface area contributed by atoms with Gasteiger partial charge in [0, 0.05) is 13.1 Å². The van der Waals surface area contributed by atoms with Crippen molar-refractivity contribution in [2.45, 2.75) is 39.5 Å². The number of phenols is 1. The lowest BCUT2D eigenvalue weighted by Gasteiger charge is -2.36. The maximum atomic E-state index is 13.3. The van der Waals surface area contributed by atoms with Crippen molar-refractivity contribution in [1.82, 2.24) is 19.7 Å². The minimum absolute atomic E-state index is 0.102. The van der Waals surface area contributed by atoms with Gasteiger partial charge in [0.05, 0.1) is 10.2 Å². The number of hydrogen-bond donors (Lipinski definition) is 2. The third-order valence-electron chi connectivity index (χ3n) is 6.95. The maximum Gasteiger partial charge on any atom is 0.349 e. The van der Waals surface area contributed by atoms with Crippen LogP contribution in [-0.4, -0.2) is 43.8 Å². The van der Waals surface area contributed by atoms with Crippen LogP contribution in [0.15, 0.2) is 56.0 Å². The number of amides is 1. The molecule has 2 heterocycles. The molecule has 1 saturated heterocycles. The minimum Gasteiger partial charge on any atom is -0.507 e. The van der Waals surface area contributed by atoms with Crippen LogP contribution in [0.25, 0.3) is 5.69 Å². The van der Waals surface area contributed by atoms with Gasteiger partial charge in [-0.3, -0.25) is 14.6 Å². The predicted molar refractivity (Wildman–Crippen MR) is 142 cm³/mol. The zero-order chi connectivity index (χ0) is 26.3. The Morgan fingerprint density at radius 2 is 1.92 bits per heavy atom. The van der Waals surface area contributed by atoms with E-state index in [0.29, 0.717) is 40.7 Å². The molecule has 2 aliphatic rings. The minimum atomic E-state index is -0.794. The van der Waals surface area contributed by atoms with Crippen LogP contribution in [0.4, 0.5) is 0 Å². The summed E-state index contributed by atoms with van der Waals surface area (Å²) in [7, 11) is 0. The van der Waals surface area contributed by atoms with Crippen molar-refractivity contribution in [1.29, 1.82) is 0 Å². The molecule has 0 bridgehead atoms. The first-order valence-corrected chi connectivity index (χ1v) is 13.0. The molecule has 0 spiro atoms. The monoisotopic (exact) mass is 566 g/mol. The number of H-pyrrole nitrogens is 1. The van der Waals surface area contributed by atoms with E-state index in [1.165, 1.54) is 18.1 Å². The Kier molecular flexibility index (Phi) is 6.76. The van der Waals surface area contributed by atoms with E-state index in [2.05, 4.69) is 32.1 Å². The molecule has 2 aromatic carbocycles. The van der Waals surface area contributed by atoms with Crippen LogP contribution in [0.2, 0.25) is 0 Å². The van der Waals surface area contributed by atoms with E-state index in [4.69, 9.17) is 4.74 Å². The fraction of sp³-hybridized carbons (Fsp3) is 0.333. The Labute approximate surface area is 221 Å². The van der Waals surface area contributed by atoms with Gasteiger partial charge in [0.1, 0.15) is 17.2 Å². The number of piperidine rings is 1. The highest BCUT2D eigenvalue weighted by molar-refractivity contribution is 9.10. The molecule has 1 aliphatic carbocycles. The normalized spacial score (nSPS) is 17.2. The van der Waals surface area contributed by atoms with Crippen LogP contribution in [-0.2, 0) is 0 Å². The molecule has 1 amide bonds. The number of carbonyl (C=O) groups is 1. The van der Waals surface area contributed by atoms with Crippen molar-refractivity contribution in [3.05, 3.63) is 84.1 Å². The standard InChI is InChI=1S/C27H27BrN4O5/c1-15-11-19(12-16(2)24(15)37-20-7-8-22(33)21(28)13-20)32-27(36)29-25(34)23(30-32)26(35)31-10-9-17-5-3-4-6-18(17)14-31/h6-8,11-13,17,33H,3-5,9-10,14H2,1-2H3,(H,29,34,36). The number of aromatic amines is 1. The first kappa shape index (κ1) is 25.0. The summed E-state index contributed by atoms with van der Waals surface area (Å²) in [4.78, 5) is 42.5. The average Bonchev–Trinajstić information content (AvgIpc) is 2.87. The number of nitrogens with one attached hydrogen (secondary N) is 1. The lowest BCUT2D eigenvalue weighted by Crippen LogP contribution is -2.45. The zero-order valence-corrected chi connectivity index (χ0v) is 22.2. The largest absolute Gasteiger partial charge is 0.507 e. The number of rotatable bonds is 4. The zero-order valence-electron chi connectivity index (χ0n) is 20.6. The third-order valence-corrected chi connectivity index (χ3v) is 7.59. The number of carbonyl (C=O) groups excluding carboxylic acids is 1. The number of benzene rings is 2. The van der Waals surface area contributed by atoms with Crippen molar-refractivity contribution < 1.29 is 14.6 Å². The van der Waals surface area contributed by atoms with Crippen LogP contribution < -0.4 is 16.0 Å². The molecule has 192 valence electrons. The van der Waals surface area contributed by atoms with Gasteiger partial charge in [-0.05, 0) is 103 Å². The number of fused-ring (bicyclic) bond motifs is 1. The van der Waals surface area contributed by atoms with Gasteiger partial charge in [0.25, 0.3) is 11.5 Å². The van der Waals surface area contributed by atoms with E-state index >= 15 is 0 Å². The fourth-order valence-electron chi connectivity index (χ4n) is 5.06. The summed E-state index contributed by atoms with van der Waals surface area (Å²) in [6.45, 7) is 4.69. The Morgan fingerprint density at radius 3 is 2.65 bits per heavy atom. The van der Waals surface area contributed by atoms with Crippen molar-refractivity contribution >= 4 is 21.8 Å². The van der Waals surface area contributed by atoms with E-state index in [1.54, 1.807) is 29.2 Å². The number of halogens is 1. The topological polar surface area (TPSA) is 118 Å². The van der Waals surface area contributed by atoms with Gasteiger partial charge in [0.15, 0.2) is 0 Å². The lowest BCUT2D eigenvalue weighted by atomic mass is 9.82. The van der Waals surface area contributed by atoms with Gasteiger partial charge in [-0.15, -0.1) is 0 Å². The number of nitrogens with zero attached hydrogens (tertiary/aromatic N) is 3. The molecule has 1 aromatic heterocycles. The number of likely N-dealkylation sites (tertiary alicyclic amines) is 1. The predicted octanol–water partition coefficient (Wildman–Crippen LogP) is 4.37. The molecule has 5 rings (SSSR count). The van der Waals surface area contributed by atoms with Gasteiger partial charge in [-0.25, -0.2) is 4.79 Å². The van der Waals surface area contributed by atoms with E-state index < -0.39 is 17.2 Å². The molecule has 1 atom stereocenters. The van der Waals surface area contributed by atoms with Crippen molar-refractivity contribution in [3.63, 3.8) is 0 Å². The smallest absolute Gasteiger partial charge is 0.349 e. The number of allylic oxidation sites excluding steroid dienone is 1. The van der Waals surface area contributed by atoms with Crippen molar-refractivity contribution in [2.24, 2.45) is 5.92 Å². The highest BCUT2D eigenvalue weighted by atomic mass is 79.9.